The molecule has 0 spiro atoms. The summed E-state index contributed by atoms with van der Waals surface area (Å²) in [7, 11) is 4.00. The van der Waals surface area contributed by atoms with Gasteiger partial charge in [-0.25, -0.2) is 0 Å². The average Bonchev–Trinajstić information content (AvgIpc) is 3.34. The number of nitrogens with one attached hydrogen (secondary N) is 2. The van der Waals surface area contributed by atoms with Gasteiger partial charge in [0.25, 0.3) is 5.91 Å². The molecular formula is C18H23N5O2. The number of likely N-dealkylation sites (N-methyl/N-ethyl adjacent to an activating group) is 1. The van der Waals surface area contributed by atoms with Gasteiger partial charge in [0.15, 0.2) is 0 Å². The highest BCUT2D eigenvalue weighted by molar-refractivity contribution is 6.05. The molecule has 3 rings (SSSR count). The molecule has 0 radical (unpaired) electrons. The summed E-state index contributed by atoms with van der Waals surface area (Å²) in [6, 6.07) is 6.96. The first-order chi connectivity index (χ1) is 12.0. The van der Waals surface area contributed by atoms with E-state index in [1.807, 2.05) is 14.1 Å². The van der Waals surface area contributed by atoms with Crippen molar-refractivity contribution in [2.24, 2.45) is 5.92 Å². The minimum atomic E-state index is -0.227. The smallest absolute Gasteiger partial charge is 0.255 e. The molecule has 2 aromatic rings. The van der Waals surface area contributed by atoms with Crippen molar-refractivity contribution in [1.82, 2.24) is 14.7 Å². The molecule has 1 saturated carbocycles. The normalized spacial score (nSPS) is 13.7. The molecule has 0 aliphatic heterocycles. The van der Waals surface area contributed by atoms with Gasteiger partial charge in [-0.1, -0.05) is 6.07 Å². The van der Waals surface area contributed by atoms with E-state index in [4.69, 9.17) is 0 Å². The van der Waals surface area contributed by atoms with Gasteiger partial charge in [0.2, 0.25) is 5.91 Å². The number of benzene rings is 1. The van der Waals surface area contributed by atoms with Crippen LogP contribution < -0.4 is 10.6 Å². The van der Waals surface area contributed by atoms with Crippen molar-refractivity contribution < 1.29 is 9.59 Å². The first-order valence-electron chi connectivity index (χ1n) is 8.41. The van der Waals surface area contributed by atoms with Gasteiger partial charge in [-0.15, -0.1) is 0 Å². The molecule has 0 atom stereocenters. The number of hydrogen-bond acceptors (Lipinski definition) is 4. The minimum absolute atomic E-state index is 0.0275. The maximum Gasteiger partial charge on any atom is 0.255 e. The zero-order valence-electron chi connectivity index (χ0n) is 14.5. The molecule has 0 bridgehead atoms. The maximum atomic E-state index is 12.4. The summed E-state index contributed by atoms with van der Waals surface area (Å²) < 4.78 is 1.79. The monoisotopic (exact) mass is 341 g/mol. The second-order valence-corrected chi connectivity index (χ2v) is 6.59. The summed E-state index contributed by atoms with van der Waals surface area (Å²) in [5.74, 6) is -0.0695. The second-order valence-electron chi connectivity index (χ2n) is 6.59. The van der Waals surface area contributed by atoms with E-state index in [0.29, 0.717) is 16.9 Å². The fourth-order valence-electron chi connectivity index (χ4n) is 2.38. The van der Waals surface area contributed by atoms with Gasteiger partial charge in [-0.3, -0.25) is 14.3 Å². The van der Waals surface area contributed by atoms with Crippen LogP contribution >= 0.6 is 0 Å². The van der Waals surface area contributed by atoms with E-state index in [0.717, 1.165) is 25.9 Å². The van der Waals surface area contributed by atoms with Gasteiger partial charge in [-0.05, 0) is 45.1 Å². The third kappa shape index (κ3) is 4.90. The Morgan fingerprint density at radius 2 is 2.04 bits per heavy atom. The summed E-state index contributed by atoms with van der Waals surface area (Å²) in [5, 5.41) is 9.92. The van der Waals surface area contributed by atoms with Gasteiger partial charge >= 0.3 is 0 Å². The highest BCUT2D eigenvalue weighted by Crippen LogP contribution is 2.30. The quantitative estimate of drug-likeness (QED) is 0.808. The van der Waals surface area contributed by atoms with Crippen LogP contribution in [0.15, 0.2) is 36.7 Å². The number of carbonyl (C=O) groups excluding carboxylic acids is 2. The van der Waals surface area contributed by atoms with Crippen molar-refractivity contribution in [1.29, 1.82) is 0 Å². The summed E-state index contributed by atoms with van der Waals surface area (Å²) in [6.07, 6.45) is 5.33. The van der Waals surface area contributed by atoms with Gasteiger partial charge in [0.1, 0.15) is 0 Å². The van der Waals surface area contributed by atoms with Gasteiger partial charge < -0.3 is 15.5 Å². The lowest BCUT2D eigenvalue weighted by Gasteiger charge is -2.08. The second kappa shape index (κ2) is 7.48. The highest BCUT2D eigenvalue weighted by atomic mass is 16.2. The van der Waals surface area contributed by atoms with Crippen molar-refractivity contribution >= 4 is 23.2 Å². The number of carbonyl (C=O) groups is 2. The van der Waals surface area contributed by atoms with Crippen LogP contribution in [-0.2, 0) is 11.3 Å². The molecule has 1 aromatic heterocycles. The van der Waals surface area contributed by atoms with Crippen LogP contribution in [0.1, 0.15) is 23.2 Å². The van der Waals surface area contributed by atoms with Gasteiger partial charge in [0, 0.05) is 29.9 Å². The first kappa shape index (κ1) is 17.2. The molecule has 0 saturated heterocycles. The van der Waals surface area contributed by atoms with E-state index >= 15 is 0 Å². The lowest BCUT2D eigenvalue weighted by molar-refractivity contribution is -0.117. The number of nitrogens with zero attached hydrogens (tertiary/aromatic N) is 3. The van der Waals surface area contributed by atoms with Gasteiger partial charge in [0.05, 0.1) is 18.4 Å². The summed E-state index contributed by atoms with van der Waals surface area (Å²) >= 11 is 0. The van der Waals surface area contributed by atoms with E-state index in [-0.39, 0.29) is 17.7 Å². The average molecular weight is 341 g/mol. The molecule has 2 amide bonds. The summed E-state index contributed by atoms with van der Waals surface area (Å²) in [4.78, 5) is 26.3. The lowest BCUT2D eigenvalue weighted by Crippen LogP contribution is -2.18. The first-order valence-corrected chi connectivity index (χ1v) is 8.41. The van der Waals surface area contributed by atoms with Crippen molar-refractivity contribution in [2.75, 3.05) is 31.3 Å². The Bertz CT molecular complexity index is 764. The Balaban J connectivity index is 1.60. The molecule has 0 unspecified atom stereocenters. The Labute approximate surface area is 147 Å². The summed E-state index contributed by atoms with van der Waals surface area (Å²) in [5.41, 5.74) is 1.79. The standard InChI is InChI=1S/C18H23N5O2/c1-22(2)8-9-23-12-16(11-19-23)21-18(25)14-4-3-5-15(10-14)20-17(24)13-6-7-13/h3-5,10-13H,6-9H2,1-2H3,(H,20,24)(H,21,25). The third-order valence-electron chi connectivity index (χ3n) is 4.01. The van der Waals surface area contributed by atoms with Crippen LogP contribution in [0.2, 0.25) is 0 Å². The number of aromatic nitrogens is 2. The van der Waals surface area contributed by atoms with E-state index in [2.05, 4.69) is 20.6 Å². The Morgan fingerprint density at radius 3 is 2.76 bits per heavy atom. The third-order valence-corrected chi connectivity index (χ3v) is 4.01. The number of hydrogen-bond donors (Lipinski definition) is 2. The van der Waals surface area contributed by atoms with Crippen molar-refractivity contribution in [3.63, 3.8) is 0 Å². The van der Waals surface area contributed by atoms with E-state index < -0.39 is 0 Å². The van der Waals surface area contributed by atoms with Crippen LogP contribution in [0.3, 0.4) is 0 Å². The molecule has 7 heteroatoms. The Hall–Kier alpha value is -2.67. The van der Waals surface area contributed by atoms with Crippen LogP contribution in [0, 0.1) is 5.92 Å². The SMILES string of the molecule is CN(C)CCn1cc(NC(=O)c2cccc(NC(=O)C3CC3)c2)cn1. The fraction of sp³-hybridized carbons (Fsp3) is 0.389. The Kier molecular flexibility index (Phi) is 5.14. The lowest BCUT2D eigenvalue weighted by atomic mass is 10.2. The Morgan fingerprint density at radius 1 is 1.24 bits per heavy atom. The van der Waals surface area contributed by atoms with Gasteiger partial charge in [-0.2, -0.15) is 5.10 Å². The van der Waals surface area contributed by atoms with E-state index in [9.17, 15) is 9.59 Å². The molecule has 1 aromatic carbocycles. The van der Waals surface area contributed by atoms with Crippen molar-refractivity contribution in [3.8, 4) is 0 Å². The molecule has 2 N–H and O–H groups in total. The molecule has 1 aliphatic rings. The molecule has 1 fully saturated rings. The minimum Gasteiger partial charge on any atom is -0.326 e. The van der Waals surface area contributed by atoms with E-state index in [1.54, 1.807) is 41.3 Å². The fourth-order valence-corrected chi connectivity index (χ4v) is 2.38. The van der Waals surface area contributed by atoms with E-state index in [1.165, 1.54) is 0 Å². The molecular weight excluding hydrogens is 318 g/mol. The molecule has 1 heterocycles. The van der Waals surface area contributed by atoms with Crippen molar-refractivity contribution in [2.45, 2.75) is 19.4 Å². The van der Waals surface area contributed by atoms with Crippen LogP contribution in [0.25, 0.3) is 0 Å². The highest BCUT2D eigenvalue weighted by Gasteiger charge is 2.29. The number of rotatable bonds is 7. The number of anilines is 2. The van der Waals surface area contributed by atoms with Crippen LogP contribution in [0.4, 0.5) is 11.4 Å². The zero-order chi connectivity index (χ0) is 17.8. The topological polar surface area (TPSA) is 79.3 Å². The number of amides is 2. The molecule has 7 nitrogen and oxygen atoms in total. The summed E-state index contributed by atoms with van der Waals surface area (Å²) in [6.45, 7) is 1.63. The molecule has 132 valence electrons. The maximum absolute atomic E-state index is 12.4. The van der Waals surface area contributed by atoms with Crippen molar-refractivity contribution in [3.05, 3.63) is 42.2 Å². The zero-order valence-corrected chi connectivity index (χ0v) is 14.5. The largest absolute Gasteiger partial charge is 0.326 e. The predicted molar refractivity (Wildman–Crippen MR) is 96.5 cm³/mol. The molecule has 25 heavy (non-hydrogen) atoms. The van der Waals surface area contributed by atoms with Crippen LogP contribution in [0.5, 0.6) is 0 Å². The predicted octanol–water partition coefficient (Wildman–Crippen LogP) is 2.05. The van der Waals surface area contributed by atoms with Crippen LogP contribution in [-0.4, -0.2) is 47.1 Å². The molecule has 1 aliphatic carbocycles.